The predicted molar refractivity (Wildman–Crippen MR) is 80.5 cm³/mol. The lowest BCUT2D eigenvalue weighted by Gasteiger charge is -2.05. The van der Waals surface area contributed by atoms with Crippen LogP contribution in [0.15, 0.2) is 24.3 Å². The van der Waals surface area contributed by atoms with Crippen molar-refractivity contribution in [2.45, 2.75) is 20.0 Å². The Bertz CT molecular complexity index is 531. The van der Waals surface area contributed by atoms with Gasteiger partial charge in [0.15, 0.2) is 0 Å². The number of anilines is 2. The van der Waals surface area contributed by atoms with Crippen LogP contribution in [0.2, 0.25) is 0 Å². The average molecular weight is 293 g/mol. The zero-order chi connectivity index (χ0) is 14.2. The summed E-state index contributed by atoms with van der Waals surface area (Å²) in [5.41, 5.74) is 2.14. The van der Waals surface area contributed by atoms with E-state index >= 15 is 0 Å². The molecule has 1 aromatic heterocycles. The van der Waals surface area contributed by atoms with E-state index < -0.39 is 0 Å². The molecule has 0 atom stereocenters. The molecule has 2 aromatic rings. The molecule has 0 bridgehead atoms. The van der Waals surface area contributed by atoms with Gasteiger partial charge in [0, 0.05) is 37.4 Å². The Morgan fingerprint density at radius 3 is 3.05 bits per heavy atom. The van der Waals surface area contributed by atoms with Gasteiger partial charge in [-0.25, -0.2) is 4.98 Å². The van der Waals surface area contributed by atoms with Crippen molar-refractivity contribution < 1.29 is 9.47 Å². The zero-order valence-electron chi connectivity index (χ0n) is 11.8. The van der Waals surface area contributed by atoms with E-state index in [1.54, 1.807) is 7.11 Å². The van der Waals surface area contributed by atoms with E-state index in [2.05, 4.69) is 20.7 Å². The Balaban J connectivity index is 1.96. The third-order valence-electron chi connectivity index (χ3n) is 2.65. The molecule has 0 aliphatic rings. The van der Waals surface area contributed by atoms with E-state index in [0.29, 0.717) is 13.2 Å². The highest BCUT2D eigenvalue weighted by Crippen LogP contribution is 2.20. The van der Waals surface area contributed by atoms with Crippen LogP contribution in [-0.2, 0) is 22.5 Å². The normalized spacial score (nSPS) is 10.7. The molecule has 0 fully saturated rings. The molecular formula is C14H19N3O2S. The van der Waals surface area contributed by atoms with Gasteiger partial charge in [0.1, 0.15) is 5.82 Å². The predicted octanol–water partition coefficient (Wildman–Crippen LogP) is 3.01. The van der Waals surface area contributed by atoms with Crippen LogP contribution in [0.4, 0.5) is 10.8 Å². The number of ether oxygens (including phenoxy) is 2. The number of nitrogens with one attached hydrogen (secondary N) is 1. The number of hydrogen-bond donors (Lipinski definition) is 1. The van der Waals surface area contributed by atoms with E-state index in [-0.39, 0.29) is 0 Å². The second kappa shape index (κ2) is 7.94. The highest BCUT2D eigenvalue weighted by molar-refractivity contribution is 7.09. The molecule has 0 aliphatic heterocycles. The molecule has 0 saturated heterocycles. The quantitative estimate of drug-likeness (QED) is 0.811. The monoisotopic (exact) mass is 293 g/mol. The van der Waals surface area contributed by atoms with Crippen molar-refractivity contribution in [3.8, 4) is 0 Å². The van der Waals surface area contributed by atoms with Gasteiger partial charge in [0.25, 0.3) is 0 Å². The summed E-state index contributed by atoms with van der Waals surface area (Å²) in [5.74, 6) is 0.810. The molecule has 1 heterocycles. The van der Waals surface area contributed by atoms with Crippen LogP contribution in [-0.4, -0.2) is 29.7 Å². The first-order chi connectivity index (χ1) is 9.81. The van der Waals surface area contributed by atoms with Crippen molar-refractivity contribution in [2.75, 3.05) is 25.6 Å². The van der Waals surface area contributed by atoms with Gasteiger partial charge in [-0.1, -0.05) is 12.1 Å². The summed E-state index contributed by atoms with van der Waals surface area (Å²) in [7, 11) is 1.68. The summed E-state index contributed by atoms with van der Waals surface area (Å²) < 4.78 is 14.7. The molecule has 2 rings (SSSR count). The molecule has 0 saturated carbocycles. The Morgan fingerprint density at radius 1 is 1.35 bits per heavy atom. The van der Waals surface area contributed by atoms with Crippen molar-refractivity contribution in [1.82, 2.24) is 9.36 Å². The Hall–Kier alpha value is -1.50. The largest absolute Gasteiger partial charge is 0.384 e. The first-order valence-electron chi connectivity index (χ1n) is 6.57. The Labute approximate surface area is 123 Å². The summed E-state index contributed by atoms with van der Waals surface area (Å²) in [6.07, 6.45) is 0.735. The maximum absolute atomic E-state index is 5.41. The smallest absolute Gasteiger partial charge is 0.207 e. The lowest BCUT2D eigenvalue weighted by molar-refractivity contribution is 0.134. The minimum Gasteiger partial charge on any atom is -0.384 e. The summed E-state index contributed by atoms with van der Waals surface area (Å²) >= 11 is 1.36. The van der Waals surface area contributed by atoms with E-state index in [1.165, 1.54) is 11.5 Å². The topological polar surface area (TPSA) is 56.3 Å². The zero-order valence-corrected chi connectivity index (χ0v) is 12.6. The molecule has 108 valence electrons. The lowest BCUT2D eigenvalue weighted by Crippen LogP contribution is -1.97. The van der Waals surface area contributed by atoms with E-state index in [1.807, 2.05) is 25.1 Å². The standard InChI is InChI=1S/C14H19N3O2S/c1-3-19-10-11-5-4-6-12(9-11)15-14-16-13(17-20-14)7-8-18-2/h4-6,9H,3,7-8,10H2,1-2H3,(H,15,16,17). The van der Waals surface area contributed by atoms with Gasteiger partial charge >= 0.3 is 0 Å². The summed E-state index contributed by atoms with van der Waals surface area (Å²) in [6, 6.07) is 8.12. The van der Waals surface area contributed by atoms with Gasteiger partial charge in [-0.3, -0.25) is 0 Å². The van der Waals surface area contributed by atoms with Crippen molar-refractivity contribution in [3.63, 3.8) is 0 Å². The first-order valence-corrected chi connectivity index (χ1v) is 7.34. The van der Waals surface area contributed by atoms with Gasteiger partial charge in [-0.15, -0.1) is 0 Å². The van der Waals surface area contributed by atoms with Crippen molar-refractivity contribution in [3.05, 3.63) is 35.7 Å². The van der Waals surface area contributed by atoms with Crippen LogP contribution >= 0.6 is 11.5 Å². The highest BCUT2D eigenvalue weighted by Gasteiger charge is 2.04. The highest BCUT2D eigenvalue weighted by atomic mass is 32.1. The molecule has 6 heteroatoms. The van der Waals surface area contributed by atoms with Gasteiger partial charge in [0.2, 0.25) is 5.13 Å². The molecule has 0 aliphatic carbocycles. The Kier molecular flexibility index (Phi) is 5.91. The number of methoxy groups -OCH3 is 1. The summed E-state index contributed by atoms with van der Waals surface area (Å²) in [6.45, 7) is 3.98. The number of rotatable bonds is 8. The fourth-order valence-electron chi connectivity index (χ4n) is 1.68. The number of aromatic nitrogens is 2. The third-order valence-corrected chi connectivity index (χ3v) is 3.32. The molecule has 1 aromatic carbocycles. The molecule has 0 amide bonds. The van der Waals surface area contributed by atoms with Gasteiger partial charge in [-0.05, 0) is 24.6 Å². The molecular weight excluding hydrogens is 274 g/mol. The van der Waals surface area contributed by atoms with Crippen LogP contribution in [0.25, 0.3) is 0 Å². The van der Waals surface area contributed by atoms with Crippen LogP contribution in [0.5, 0.6) is 0 Å². The fourth-order valence-corrected chi connectivity index (χ4v) is 2.32. The Morgan fingerprint density at radius 2 is 2.25 bits per heavy atom. The van der Waals surface area contributed by atoms with Gasteiger partial charge in [0.05, 0.1) is 13.2 Å². The minimum atomic E-state index is 0.626. The second-order valence-electron chi connectivity index (χ2n) is 4.22. The molecule has 5 nitrogen and oxygen atoms in total. The maximum atomic E-state index is 5.41. The van der Waals surface area contributed by atoms with Gasteiger partial charge in [-0.2, -0.15) is 4.37 Å². The molecule has 20 heavy (non-hydrogen) atoms. The third kappa shape index (κ3) is 4.56. The van der Waals surface area contributed by atoms with E-state index in [4.69, 9.17) is 9.47 Å². The maximum Gasteiger partial charge on any atom is 0.207 e. The molecule has 1 N–H and O–H groups in total. The van der Waals surface area contributed by atoms with Crippen molar-refractivity contribution in [1.29, 1.82) is 0 Å². The first kappa shape index (κ1) is 14.9. The summed E-state index contributed by atoms with van der Waals surface area (Å²) in [5, 5.41) is 4.06. The average Bonchev–Trinajstić information content (AvgIpc) is 2.91. The van der Waals surface area contributed by atoms with Crippen LogP contribution in [0.3, 0.4) is 0 Å². The molecule has 0 radical (unpaired) electrons. The van der Waals surface area contributed by atoms with E-state index in [9.17, 15) is 0 Å². The minimum absolute atomic E-state index is 0.626. The number of benzene rings is 1. The molecule has 0 spiro atoms. The van der Waals surface area contributed by atoms with Crippen LogP contribution in [0, 0.1) is 0 Å². The van der Waals surface area contributed by atoms with Crippen molar-refractivity contribution >= 4 is 22.4 Å². The summed E-state index contributed by atoms with van der Waals surface area (Å²) in [4.78, 5) is 4.42. The van der Waals surface area contributed by atoms with Crippen LogP contribution in [0.1, 0.15) is 18.3 Å². The lowest BCUT2D eigenvalue weighted by atomic mass is 10.2. The second-order valence-corrected chi connectivity index (χ2v) is 4.97. The molecule has 0 unspecified atom stereocenters. The number of nitrogens with zero attached hydrogens (tertiary/aromatic N) is 2. The number of hydrogen-bond acceptors (Lipinski definition) is 6. The van der Waals surface area contributed by atoms with Crippen LogP contribution < -0.4 is 5.32 Å². The van der Waals surface area contributed by atoms with Crippen molar-refractivity contribution in [2.24, 2.45) is 0 Å². The van der Waals surface area contributed by atoms with E-state index in [0.717, 1.165) is 35.2 Å². The SMILES string of the molecule is CCOCc1cccc(Nc2nc(CCOC)ns2)c1. The fraction of sp³-hybridized carbons (Fsp3) is 0.429. The van der Waals surface area contributed by atoms with Gasteiger partial charge < -0.3 is 14.8 Å².